The largest absolute Gasteiger partial charge is 0.370 e. The zero-order chi connectivity index (χ0) is 17.8. The Bertz CT molecular complexity index is 729. The van der Waals surface area contributed by atoms with Crippen molar-refractivity contribution in [1.29, 1.82) is 0 Å². The molecule has 2 aliphatic rings. The Labute approximate surface area is 153 Å². The summed E-state index contributed by atoms with van der Waals surface area (Å²) in [5.74, 6) is 0.343. The van der Waals surface area contributed by atoms with E-state index < -0.39 is 0 Å². The Kier molecular flexibility index (Phi) is 5.15. The van der Waals surface area contributed by atoms with E-state index in [9.17, 15) is 4.79 Å². The van der Waals surface area contributed by atoms with Gasteiger partial charge in [0.25, 0.3) is 5.91 Å². The SMILES string of the molecule is O=C(Nc1ccc(N2CCCCC2)cn1)c1ccn(C2CCCNC2)n1. The van der Waals surface area contributed by atoms with Crippen molar-refractivity contribution in [1.82, 2.24) is 20.1 Å². The topological polar surface area (TPSA) is 75.1 Å². The van der Waals surface area contributed by atoms with Crippen LogP contribution < -0.4 is 15.5 Å². The molecule has 2 N–H and O–H groups in total. The van der Waals surface area contributed by atoms with Crippen molar-refractivity contribution in [2.24, 2.45) is 0 Å². The summed E-state index contributed by atoms with van der Waals surface area (Å²) in [6.07, 6.45) is 9.73. The number of aromatic nitrogens is 3. The van der Waals surface area contributed by atoms with E-state index in [1.807, 2.05) is 29.2 Å². The van der Waals surface area contributed by atoms with Gasteiger partial charge in [-0.25, -0.2) is 4.98 Å². The summed E-state index contributed by atoms with van der Waals surface area (Å²) >= 11 is 0. The summed E-state index contributed by atoms with van der Waals surface area (Å²) in [6.45, 7) is 4.13. The van der Waals surface area contributed by atoms with Crippen molar-refractivity contribution >= 4 is 17.4 Å². The Morgan fingerprint density at radius 2 is 2.04 bits per heavy atom. The van der Waals surface area contributed by atoms with Crippen molar-refractivity contribution in [3.8, 4) is 0 Å². The molecule has 0 spiro atoms. The molecule has 7 nitrogen and oxygen atoms in total. The van der Waals surface area contributed by atoms with Gasteiger partial charge in [-0.15, -0.1) is 0 Å². The minimum absolute atomic E-state index is 0.217. The van der Waals surface area contributed by atoms with E-state index in [0.29, 0.717) is 17.6 Å². The first-order chi connectivity index (χ1) is 12.8. The quantitative estimate of drug-likeness (QED) is 0.882. The lowest BCUT2D eigenvalue weighted by Gasteiger charge is -2.28. The fourth-order valence-corrected chi connectivity index (χ4v) is 3.70. The average molecular weight is 354 g/mol. The molecule has 2 aliphatic heterocycles. The third kappa shape index (κ3) is 3.88. The second kappa shape index (κ2) is 7.86. The molecule has 1 amide bonds. The number of nitrogens with zero attached hydrogens (tertiary/aromatic N) is 4. The van der Waals surface area contributed by atoms with Gasteiger partial charge in [0.15, 0.2) is 5.69 Å². The van der Waals surface area contributed by atoms with Crippen LogP contribution in [-0.2, 0) is 0 Å². The van der Waals surface area contributed by atoms with Crippen LogP contribution in [0.5, 0.6) is 0 Å². The summed E-state index contributed by atoms with van der Waals surface area (Å²) in [5.41, 5.74) is 1.55. The van der Waals surface area contributed by atoms with Gasteiger partial charge in [-0.3, -0.25) is 9.48 Å². The number of piperidine rings is 2. The normalized spacial score (nSPS) is 20.8. The molecule has 2 fully saturated rings. The number of hydrogen-bond acceptors (Lipinski definition) is 5. The van der Waals surface area contributed by atoms with Gasteiger partial charge >= 0.3 is 0 Å². The first kappa shape index (κ1) is 17.0. The summed E-state index contributed by atoms with van der Waals surface area (Å²) in [5, 5.41) is 10.7. The monoisotopic (exact) mass is 354 g/mol. The molecule has 4 rings (SSSR count). The van der Waals surface area contributed by atoms with E-state index in [4.69, 9.17) is 0 Å². The number of anilines is 2. The molecule has 26 heavy (non-hydrogen) atoms. The predicted molar refractivity (Wildman–Crippen MR) is 102 cm³/mol. The lowest BCUT2D eigenvalue weighted by molar-refractivity contribution is 0.102. The van der Waals surface area contributed by atoms with E-state index in [0.717, 1.165) is 44.7 Å². The number of rotatable bonds is 4. The summed E-state index contributed by atoms with van der Waals surface area (Å²) < 4.78 is 1.90. The number of pyridine rings is 1. The van der Waals surface area contributed by atoms with Crippen LogP contribution >= 0.6 is 0 Å². The molecular formula is C19H26N6O. The minimum atomic E-state index is -0.217. The van der Waals surface area contributed by atoms with Gasteiger partial charge in [0.2, 0.25) is 0 Å². The highest BCUT2D eigenvalue weighted by Gasteiger charge is 2.18. The van der Waals surface area contributed by atoms with Crippen molar-refractivity contribution in [2.75, 3.05) is 36.4 Å². The zero-order valence-electron chi connectivity index (χ0n) is 15.0. The lowest BCUT2D eigenvalue weighted by atomic mass is 10.1. The maximum absolute atomic E-state index is 12.4. The highest BCUT2D eigenvalue weighted by molar-refractivity contribution is 6.02. The highest BCUT2D eigenvalue weighted by Crippen LogP contribution is 2.20. The molecule has 0 aromatic carbocycles. The second-order valence-corrected chi connectivity index (χ2v) is 7.08. The van der Waals surface area contributed by atoms with Gasteiger partial charge < -0.3 is 15.5 Å². The lowest BCUT2D eigenvalue weighted by Crippen LogP contribution is -2.32. The maximum Gasteiger partial charge on any atom is 0.277 e. The molecule has 1 atom stereocenters. The van der Waals surface area contributed by atoms with E-state index in [1.165, 1.54) is 19.3 Å². The number of hydrogen-bond donors (Lipinski definition) is 2. The van der Waals surface area contributed by atoms with Gasteiger partial charge in [0.1, 0.15) is 5.82 Å². The molecule has 0 bridgehead atoms. The Morgan fingerprint density at radius 1 is 1.15 bits per heavy atom. The molecule has 2 aromatic rings. The fraction of sp³-hybridized carbons (Fsp3) is 0.526. The smallest absolute Gasteiger partial charge is 0.277 e. The van der Waals surface area contributed by atoms with Crippen LogP contribution in [-0.4, -0.2) is 46.9 Å². The molecule has 7 heteroatoms. The number of amides is 1. The molecule has 1 unspecified atom stereocenters. The van der Waals surface area contributed by atoms with Gasteiger partial charge in [0, 0.05) is 25.8 Å². The predicted octanol–water partition coefficient (Wildman–Crippen LogP) is 2.45. The molecule has 2 aromatic heterocycles. The van der Waals surface area contributed by atoms with E-state index in [2.05, 4.69) is 25.6 Å². The van der Waals surface area contributed by atoms with Crippen LogP contribution in [0, 0.1) is 0 Å². The van der Waals surface area contributed by atoms with Crippen LogP contribution in [0.15, 0.2) is 30.6 Å². The van der Waals surface area contributed by atoms with Gasteiger partial charge in [-0.05, 0) is 56.8 Å². The molecular weight excluding hydrogens is 328 g/mol. The number of nitrogens with one attached hydrogen (secondary N) is 2. The van der Waals surface area contributed by atoms with E-state index in [-0.39, 0.29) is 5.91 Å². The van der Waals surface area contributed by atoms with E-state index in [1.54, 1.807) is 6.07 Å². The standard InChI is InChI=1S/C19H26N6O/c26-19(17-8-12-25(23-17)16-5-4-9-20-13-16)22-18-7-6-15(14-21-18)24-10-2-1-3-11-24/h6-8,12,14,16,20H,1-5,9-11,13H2,(H,21,22,26). The van der Waals surface area contributed by atoms with Crippen LogP contribution in [0.2, 0.25) is 0 Å². The van der Waals surface area contributed by atoms with Gasteiger partial charge in [-0.2, -0.15) is 5.10 Å². The summed E-state index contributed by atoms with van der Waals surface area (Å²) in [7, 11) is 0. The van der Waals surface area contributed by atoms with Crippen molar-refractivity contribution < 1.29 is 4.79 Å². The van der Waals surface area contributed by atoms with Crippen LogP contribution in [0.4, 0.5) is 11.5 Å². The van der Waals surface area contributed by atoms with Crippen molar-refractivity contribution in [3.63, 3.8) is 0 Å². The minimum Gasteiger partial charge on any atom is -0.370 e. The number of carbonyl (C=O) groups excluding carboxylic acids is 1. The van der Waals surface area contributed by atoms with Crippen molar-refractivity contribution in [2.45, 2.75) is 38.1 Å². The Balaban J connectivity index is 1.37. The van der Waals surface area contributed by atoms with Crippen LogP contribution in [0.1, 0.15) is 48.6 Å². The average Bonchev–Trinajstić information content (AvgIpc) is 3.20. The third-order valence-corrected chi connectivity index (χ3v) is 5.20. The molecule has 2 saturated heterocycles. The maximum atomic E-state index is 12.4. The Morgan fingerprint density at radius 3 is 2.77 bits per heavy atom. The molecule has 0 radical (unpaired) electrons. The van der Waals surface area contributed by atoms with Gasteiger partial charge in [0.05, 0.1) is 17.9 Å². The molecule has 138 valence electrons. The molecule has 0 aliphatic carbocycles. The van der Waals surface area contributed by atoms with Crippen molar-refractivity contribution in [3.05, 3.63) is 36.3 Å². The third-order valence-electron chi connectivity index (χ3n) is 5.20. The Hall–Kier alpha value is -2.41. The van der Waals surface area contributed by atoms with Crippen LogP contribution in [0.25, 0.3) is 0 Å². The summed E-state index contributed by atoms with van der Waals surface area (Å²) in [4.78, 5) is 19.2. The summed E-state index contributed by atoms with van der Waals surface area (Å²) in [6, 6.07) is 5.99. The molecule has 4 heterocycles. The number of carbonyl (C=O) groups is 1. The zero-order valence-corrected chi connectivity index (χ0v) is 15.0. The first-order valence-corrected chi connectivity index (χ1v) is 9.58. The first-order valence-electron chi connectivity index (χ1n) is 9.58. The van der Waals surface area contributed by atoms with Gasteiger partial charge in [-0.1, -0.05) is 0 Å². The fourth-order valence-electron chi connectivity index (χ4n) is 3.70. The van der Waals surface area contributed by atoms with E-state index >= 15 is 0 Å². The molecule has 0 saturated carbocycles. The van der Waals surface area contributed by atoms with Crippen LogP contribution in [0.3, 0.4) is 0 Å². The second-order valence-electron chi connectivity index (χ2n) is 7.08. The highest BCUT2D eigenvalue weighted by atomic mass is 16.2.